The first-order chi connectivity index (χ1) is 5.81. The lowest BCUT2D eigenvalue weighted by molar-refractivity contribution is -0.122. The number of rotatable bonds is 0. The maximum Gasteiger partial charge on any atom is 0.296 e. The van der Waals surface area contributed by atoms with E-state index in [1.807, 2.05) is 20.8 Å². The van der Waals surface area contributed by atoms with Crippen LogP contribution in [0.5, 0.6) is 0 Å². The number of allylic oxidation sites excluding steroid dienone is 1. The summed E-state index contributed by atoms with van der Waals surface area (Å²) >= 11 is 4.83. The van der Waals surface area contributed by atoms with Crippen molar-refractivity contribution in [3.05, 3.63) is 11.8 Å². The lowest BCUT2D eigenvalue weighted by Gasteiger charge is -2.11. The fourth-order valence-corrected chi connectivity index (χ4v) is 1.11. The van der Waals surface area contributed by atoms with Gasteiger partial charge in [-0.15, -0.1) is 0 Å². The monoisotopic (exact) mass is 199 g/mol. The molecule has 0 aromatic heterocycles. The Morgan fingerprint density at radius 3 is 2.31 bits per heavy atom. The molecule has 4 heteroatoms. The Kier molecular flexibility index (Phi) is 2.43. The molecule has 0 bridgehead atoms. The van der Waals surface area contributed by atoms with E-state index >= 15 is 0 Å². The molecular weight excluding hydrogens is 186 g/mol. The number of hydrogen-bond acceptors (Lipinski definition) is 3. The predicted octanol–water partition coefficient (Wildman–Crippen LogP) is 1.69. The minimum atomic E-state index is -0.167. The third-order valence-electron chi connectivity index (χ3n) is 1.55. The van der Waals surface area contributed by atoms with Gasteiger partial charge in [0, 0.05) is 7.05 Å². The Hall–Kier alpha value is -0.900. The highest BCUT2D eigenvalue weighted by molar-refractivity contribution is 7.80. The summed E-state index contributed by atoms with van der Waals surface area (Å²) < 4.78 is 5.13. The van der Waals surface area contributed by atoms with E-state index in [1.54, 1.807) is 13.1 Å². The first-order valence-electron chi connectivity index (χ1n) is 4.04. The Bertz CT molecular complexity index is 288. The molecule has 1 heterocycles. The molecular formula is C9H13NO2S. The van der Waals surface area contributed by atoms with E-state index in [0.717, 1.165) is 0 Å². The van der Waals surface area contributed by atoms with Crippen LogP contribution in [0.3, 0.4) is 0 Å². The Morgan fingerprint density at radius 1 is 1.46 bits per heavy atom. The second-order valence-electron chi connectivity index (χ2n) is 4.11. The number of hydrogen-bond donors (Lipinski definition) is 0. The van der Waals surface area contributed by atoms with Gasteiger partial charge in [-0.05, 0) is 23.7 Å². The molecule has 13 heavy (non-hydrogen) atoms. The number of likely N-dealkylation sites (N-methyl/N-ethyl adjacent to an activating group) is 1. The Morgan fingerprint density at radius 2 is 2.00 bits per heavy atom. The van der Waals surface area contributed by atoms with Gasteiger partial charge in [-0.25, -0.2) is 0 Å². The molecule has 0 aliphatic carbocycles. The number of amides is 1. The molecule has 0 N–H and O–H groups in total. The third-order valence-corrected chi connectivity index (χ3v) is 1.91. The summed E-state index contributed by atoms with van der Waals surface area (Å²) in [5.74, 6) is 0.167. The largest absolute Gasteiger partial charge is 0.426 e. The lowest BCUT2D eigenvalue weighted by atomic mass is 9.96. The van der Waals surface area contributed by atoms with Crippen LogP contribution in [0.25, 0.3) is 0 Å². The van der Waals surface area contributed by atoms with Crippen LogP contribution < -0.4 is 0 Å². The average Bonchev–Trinajstić information content (AvgIpc) is 2.15. The summed E-state index contributed by atoms with van der Waals surface area (Å²) in [6.07, 6.45) is 1.78. The van der Waals surface area contributed by atoms with Crippen LogP contribution in [0.4, 0.5) is 0 Å². The zero-order chi connectivity index (χ0) is 10.2. The van der Waals surface area contributed by atoms with Gasteiger partial charge < -0.3 is 4.74 Å². The molecule has 0 radical (unpaired) electrons. The van der Waals surface area contributed by atoms with Crippen molar-refractivity contribution >= 4 is 23.3 Å². The molecule has 1 aliphatic rings. The maximum atomic E-state index is 11.4. The first-order valence-corrected chi connectivity index (χ1v) is 4.45. The lowest BCUT2D eigenvalue weighted by Crippen LogP contribution is -2.23. The smallest absolute Gasteiger partial charge is 0.296 e. The third kappa shape index (κ3) is 2.28. The molecule has 0 spiro atoms. The molecule has 0 atom stereocenters. The molecule has 1 saturated heterocycles. The van der Waals surface area contributed by atoms with Gasteiger partial charge in [0.25, 0.3) is 11.1 Å². The Labute approximate surface area is 83.4 Å². The number of thiocarbonyl (C=S) groups is 1. The average molecular weight is 199 g/mol. The quantitative estimate of drug-likeness (QED) is 0.439. The second-order valence-corrected chi connectivity index (χ2v) is 4.46. The minimum absolute atomic E-state index is 0.0776. The highest BCUT2D eigenvalue weighted by Crippen LogP contribution is 2.23. The summed E-state index contributed by atoms with van der Waals surface area (Å²) in [7, 11) is 1.61. The zero-order valence-electron chi connectivity index (χ0n) is 8.25. The van der Waals surface area contributed by atoms with Gasteiger partial charge >= 0.3 is 0 Å². The van der Waals surface area contributed by atoms with Crippen molar-refractivity contribution in [2.75, 3.05) is 7.05 Å². The first kappa shape index (κ1) is 10.2. The van der Waals surface area contributed by atoms with Crippen LogP contribution in [-0.4, -0.2) is 23.0 Å². The highest BCUT2D eigenvalue weighted by atomic mass is 32.1. The normalized spacial score (nSPS) is 21.2. The number of carbonyl (C=O) groups excluding carboxylic acids is 1. The number of carbonyl (C=O) groups is 1. The van der Waals surface area contributed by atoms with E-state index in [0.29, 0.717) is 5.76 Å². The van der Waals surface area contributed by atoms with Crippen molar-refractivity contribution < 1.29 is 9.53 Å². The number of ether oxygens (including phenoxy) is 1. The summed E-state index contributed by atoms with van der Waals surface area (Å²) in [6, 6.07) is 0. The molecule has 1 amide bonds. The van der Waals surface area contributed by atoms with Gasteiger partial charge in [0.2, 0.25) is 0 Å². The molecule has 1 fully saturated rings. The van der Waals surface area contributed by atoms with E-state index in [-0.39, 0.29) is 16.5 Å². The predicted molar refractivity (Wildman–Crippen MR) is 54.0 cm³/mol. The molecule has 0 saturated carbocycles. The van der Waals surface area contributed by atoms with Crippen molar-refractivity contribution in [1.29, 1.82) is 0 Å². The van der Waals surface area contributed by atoms with Gasteiger partial charge in [-0.2, -0.15) is 0 Å². The summed E-state index contributed by atoms with van der Waals surface area (Å²) in [5.41, 5.74) is -0.0776. The van der Waals surface area contributed by atoms with Crippen molar-refractivity contribution in [3.63, 3.8) is 0 Å². The van der Waals surface area contributed by atoms with Crippen LogP contribution in [0.15, 0.2) is 11.8 Å². The van der Waals surface area contributed by atoms with E-state index in [4.69, 9.17) is 17.0 Å². The highest BCUT2D eigenvalue weighted by Gasteiger charge is 2.31. The minimum Gasteiger partial charge on any atom is -0.426 e. The van der Waals surface area contributed by atoms with Gasteiger partial charge in [0.15, 0.2) is 5.76 Å². The summed E-state index contributed by atoms with van der Waals surface area (Å²) in [4.78, 5) is 12.8. The molecule has 3 nitrogen and oxygen atoms in total. The van der Waals surface area contributed by atoms with E-state index in [9.17, 15) is 4.79 Å². The summed E-state index contributed by atoms with van der Waals surface area (Å²) in [5, 5.41) is 0.223. The van der Waals surface area contributed by atoms with E-state index in [2.05, 4.69) is 0 Å². The maximum absolute atomic E-state index is 11.4. The SMILES string of the molecule is CN1C(=O)/C(=C/C(C)(C)C)OC1=S. The molecule has 0 aromatic carbocycles. The number of nitrogens with zero attached hydrogens (tertiary/aromatic N) is 1. The molecule has 72 valence electrons. The van der Waals surface area contributed by atoms with Crippen LogP contribution in [0, 0.1) is 5.41 Å². The van der Waals surface area contributed by atoms with Crippen LogP contribution >= 0.6 is 12.2 Å². The molecule has 1 rings (SSSR count). The van der Waals surface area contributed by atoms with Crippen molar-refractivity contribution in [2.24, 2.45) is 5.41 Å². The topological polar surface area (TPSA) is 29.5 Å². The van der Waals surface area contributed by atoms with Crippen LogP contribution in [-0.2, 0) is 9.53 Å². The standard InChI is InChI=1S/C9H13NO2S/c1-9(2,3)5-6-7(11)10(4)8(13)12-6/h5H,1-4H3/b6-5-. The molecule has 0 unspecified atom stereocenters. The van der Waals surface area contributed by atoms with Gasteiger partial charge in [0.05, 0.1) is 0 Å². The van der Waals surface area contributed by atoms with Crippen molar-refractivity contribution in [2.45, 2.75) is 20.8 Å². The van der Waals surface area contributed by atoms with Crippen LogP contribution in [0.1, 0.15) is 20.8 Å². The molecule has 1 aliphatic heterocycles. The van der Waals surface area contributed by atoms with E-state index in [1.165, 1.54) is 4.90 Å². The summed E-state index contributed by atoms with van der Waals surface area (Å²) in [6.45, 7) is 5.99. The van der Waals surface area contributed by atoms with Gasteiger partial charge in [-0.3, -0.25) is 9.69 Å². The molecule has 0 aromatic rings. The van der Waals surface area contributed by atoms with Crippen molar-refractivity contribution in [3.8, 4) is 0 Å². The fraction of sp³-hybridized carbons (Fsp3) is 0.556. The van der Waals surface area contributed by atoms with Gasteiger partial charge in [-0.1, -0.05) is 20.8 Å². The van der Waals surface area contributed by atoms with Crippen LogP contribution in [0.2, 0.25) is 0 Å². The second kappa shape index (κ2) is 3.10. The fourth-order valence-electron chi connectivity index (χ4n) is 0.939. The van der Waals surface area contributed by atoms with E-state index < -0.39 is 0 Å². The zero-order valence-corrected chi connectivity index (χ0v) is 9.07. The Balaban J connectivity index is 2.92. The van der Waals surface area contributed by atoms with Crippen molar-refractivity contribution in [1.82, 2.24) is 4.90 Å². The van der Waals surface area contributed by atoms with Gasteiger partial charge in [0.1, 0.15) is 0 Å².